The standard InChI is InChI=1S/C81H49N7O/c1-6-24-50(25-7-1)53-42-44-68-64(48-53)74-77-72(61-35-17-22-40-67(61)86(77)56-32-14-5-15-33-56)76-73(62-36-18-21-39-66(62)85(76)55-30-12-4-13-31-55)78(74)88(68)58-47-54(81-83-79(51-26-8-2-9-27-51)82-80(84-81)52-28-10-3-11-29-52)46-57(49-58)87-65-38-20-16-34-59(65)60-43-45-70-71(75(60)87)63-37-19-23-41-69(63)89-70/h1-49H. The predicted octanol–water partition coefficient (Wildman–Crippen LogP) is 20.8. The molecule has 0 spiro atoms. The molecule has 0 fully saturated rings. The van der Waals surface area contributed by atoms with Gasteiger partial charge in [0.05, 0.1) is 49.5 Å². The zero-order chi connectivity index (χ0) is 58.3. The summed E-state index contributed by atoms with van der Waals surface area (Å²) in [5, 5.41) is 11.3. The topological polar surface area (TPSA) is 71.5 Å². The first kappa shape index (κ1) is 49.2. The third-order valence-corrected chi connectivity index (χ3v) is 18.1. The van der Waals surface area contributed by atoms with Gasteiger partial charge in [-0.25, -0.2) is 15.0 Å². The Kier molecular flexibility index (Phi) is 10.6. The molecule has 6 heterocycles. The molecule has 0 atom stereocenters. The van der Waals surface area contributed by atoms with Crippen molar-refractivity contribution in [1.82, 2.24) is 33.2 Å². The van der Waals surface area contributed by atoms with Gasteiger partial charge in [-0.15, -0.1) is 0 Å². The normalized spacial score (nSPS) is 12.0. The van der Waals surface area contributed by atoms with Crippen molar-refractivity contribution in [1.29, 1.82) is 0 Å². The van der Waals surface area contributed by atoms with Crippen LogP contribution in [0.15, 0.2) is 302 Å². The number of rotatable bonds is 8. The molecule has 19 aromatic rings. The Labute approximate surface area is 509 Å². The molecular formula is C81H49N7O. The first-order valence-corrected chi connectivity index (χ1v) is 30.2. The van der Waals surface area contributed by atoms with Gasteiger partial charge in [0, 0.05) is 87.9 Å². The van der Waals surface area contributed by atoms with E-state index in [1.165, 1.54) is 10.8 Å². The minimum Gasteiger partial charge on any atom is -0.456 e. The van der Waals surface area contributed by atoms with Crippen LogP contribution in [0.1, 0.15) is 0 Å². The van der Waals surface area contributed by atoms with Crippen molar-refractivity contribution < 1.29 is 4.42 Å². The highest BCUT2D eigenvalue weighted by molar-refractivity contribution is 6.40. The molecule has 8 nitrogen and oxygen atoms in total. The number of hydrogen-bond acceptors (Lipinski definition) is 4. The van der Waals surface area contributed by atoms with Gasteiger partial charge in [0.1, 0.15) is 11.2 Å². The van der Waals surface area contributed by atoms with E-state index in [4.69, 9.17) is 19.4 Å². The van der Waals surface area contributed by atoms with Crippen LogP contribution in [0.4, 0.5) is 0 Å². The molecule has 6 aromatic heterocycles. The Morgan fingerprint density at radius 1 is 0.213 bits per heavy atom. The van der Waals surface area contributed by atoms with Crippen LogP contribution >= 0.6 is 0 Å². The fourth-order valence-electron chi connectivity index (χ4n) is 14.4. The Morgan fingerprint density at radius 2 is 0.618 bits per heavy atom. The summed E-state index contributed by atoms with van der Waals surface area (Å²) in [6.45, 7) is 0. The highest BCUT2D eigenvalue weighted by Crippen LogP contribution is 2.52. The molecule has 0 unspecified atom stereocenters. The SMILES string of the molecule is c1ccc(-c2ccc3c(c2)c2c4c(c5ccccc5n4-c4ccccc4)c4c(c5ccccc5n4-c4ccccc4)c2n3-c2cc(-c3nc(-c4ccccc4)nc(-c4ccccc4)n3)cc(-n3c4ccccc4c4ccc5oc6ccccc6c5c43)c2)cc1. The van der Waals surface area contributed by atoms with Crippen molar-refractivity contribution in [3.8, 4) is 68.0 Å². The van der Waals surface area contributed by atoms with Crippen LogP contribution in [0.25, 0.3) is 177 Å². The summed E-state index contributed by atoms with van der Waals surface area (Å²) in [6, 6.07) is 107. The number of aromatic nitrogens is 7. The van der Waals surface area contributed by atoms with Gasteiger partial charge in [-0.1, -0.05) is 206 Å². The highest BCUT2D eigenvalue weighted by Gasteiger charge is 2.30. The smallest absolute Gasteiger partial charge is 0.164 e. The number of fused-ring (bicyclic) bond motifs is 19. The number of benzene rings is 13. The lowest BCUT2D eigenvalue weighted by Crippen LogP contribution is -2.04. The quantitative estimate of drug-likeness (QED) is 0.152. The maximum absolute atomic E-state index is 6.73. The molecule has 0 aliphatic carbocycles. The van der Waals surface area contributed by atoms with Crippen LogP contribution in [0.5, 0.6) is 0 Å². The lowest BCUT2D eigenvalue weighted by molar-refractivity contribution is 0.669. The molecule has 414 valence electrons. The summed E-state index contributed by atoms with van der Waals surface area (Å²) in [5.41, 5.74) is 19.3. The summed E-state index contributed by atoms with van der Waals surface area (Å²) in [5.74, 6) is 1.72. The number of hydrogen-bond donors (Lipinski definition) is 0. The Bertz CT molecular complexity index is 6020. The molecule has 13 aromatic carbocycles. The molecule has 0 amide bonds. The number of furan rings is 1. The zero-order valence-electron chi connectivity index (χ0n) is 47.8. The first-order chi connectivity index (χ1) is 44.2. The van der Waals surface area contributed by atoms with Crippen molar-refractivity contribution in [2.45, 2.75) is 0 Å². The van der Waals surface area contributed by atoms with Gasteiger partial charge in [-0.05, 0) is 102 Å². The van der Waals surface area contributed by atoms with Crippen LogP contribution in [0.3, 0.4) is 0 Å². The molecule has 0 radical (unpaired) electrons. The van der Waals surface area contributed by atoms with E-state index in [1.54, 1.807) is 0 Å². The minimum absolute atomic E-state index is 0.546. The Hall–Kier alpha value is -12.1. The summed E-state index contributed by atoms with van der Waals surface area (Å²) in [4.78, 5) is 16.2. The van der Waals surface area contributed by atoms with E-state index in [9.17, 15) is 0 Å². The van der Waals surface area contributed by atoms with E-state index in [0.717, 1.165) is 149 Å². The molecule has 0 bridgehead atoms. The number of para-hydroxylation sites is 6. The van der Waals surface area contributed by atoms with Crippen LogP contribution in [0, 0.1) is 0 Å². The van der Waals surface area contributed by atoms with Gasteiger partial charge >= 0.3 is 0 Å². The second-order valence-electron chi connectivity index (χ2n) is 23.0. The molecule has 0 saturated heterocycles. The number of nitrogens with zero attached hydrogens (tertiary/aromatic N) is 7. The predicted molar refractivity (Wildman–Crippen MR) is 366 cm³/mol. The first-order valence-electron chi connectivity index (χ1n) is 30.2. The van der Waals surface area contributed by atoms with Gasteiger partial charge in [-0.2, -0.15) is 0 Å². The van der Waals surface area contributed by atoms with Gasteiger partial charge in [0.2, 0.25) is 0 Å². The second kappa shape index (κ2) is 19.2. The summed E-state index contributed by atoms with van der Waals surface area (Å²) >= 11 is 0. The van der Waals surface area contributed by atoms with Gasteiger partial charge in [-0.3, -0.25) is 0 Å². The molecule has 89 heavy (non-hydrogen) atoms. The lowest BCUT2D eigenvalue weighted by atomic mass is 9.99. The van der Waals surface area contributed by atoms with E-state index in [0.29, 0.717) is 17.5 Å². The fourth-order valence-corrected chi connectivity index (χ4v) is 14.4. The van der Waals surface area contributed by atoms with Crippen LogP contribution in [-0.4, -0.2) is 33.2 Å². The molecule has 0 N–H and O–H groups in total. The fraction of sp³-hybridized carbons (Fsp3) is 0. The Morgan fingerprint density at radius 3 is 1.17 bits per heavy atom. The Balaban J connectivity index is 1.05. The van der Waals surface area contributed by atoms with Crippen molar-refractivity contribution in [2.24, 2.45) is 0 Å². The highest BCUT2D eigenvalue weighted by atomic mass is 16.3. The minimum atomic E-state index is 0.546. The molecule has 0 aliphatic heterocycles. The molecule has 0 aliphatic rings. The monoisotopic (exact) mass is 1140 g/mol. The summed E-state index contributed by atoms with van der Waals surface area (Å²) in [7, 11) is 0. The average Bonchev–Trinajstić information content (AvgIpc) is 1.52. The van der Waals surface area contributed by atoms with Crippen molar-refractivity contribution in [3.05, 3.63) is 297 Å². The zero-order valence-corrected chi connectivity index (χ0v) is 47.8. The largest absolute Gasteiger partial charge is 0.456 e. The second-order valence-corrected chi connectivity index (χ2v) is 23.0. The molecule has 19 rings (SSSR count). The average molecular weight is 1140 g/mol. The van der Waals surface area contributed by atoms with Gasteiger partial charge < -0.3 is 22.7 Å². The van der Waals surface area contributed by atoms with Crippen LogP contribution in [-0.2, 0) is 0 Å². The van der Waals surface area contributed by atoms with Gasteiger partial charge in [0.15, 0.2) is 17.5 Å². The van der Waals surface area contributed by atoms with E-state index < -0.39 is 0 Å². The van der Waals surface area contributed by atoms with E-state index in [-0.39, 0.29) is 0 Å². The van der Waals surface area contributed by atoms with Crippen LogP contribution < -0.4 is 0 Å². The van der Waals surface area contributed by atoms with E-state index in [1.807, 2.05) is 42.5 Å². The lowest BCUT2D eigenvalue weighted by Gasteiger charge is -2.17. The van der Waals surface area contributed by atoms with Crippen LogP contribution in [0.2, 0.25) is 0 Å². The van der Waals surface area contributed by atoms with E-state index >= 15 is 0 Å². The van der Waals surface area contributed by atoms with Crippen molar-refractivity contribution in [3.63, 3.8) is 0 Å². The summed E-state index contributed by atoms with van der Waals surface area (Å²) in [6.07, 6.45) is 0. The third-order valence-electron chi connectivity index (χ3n) is 18.1. The van der Waals surface area contributed by atoms with Gasteiger partial charge in [0.25, 0.3) is 0 Å². The maximum atomic E-state index is 6.73. The molecular weight excluding hydrogens is 1090 g/mol. The summed E-state index contributed by atoms with van der Waals surface area (Å²) < 4.78 is 16.8. The van der Waals surface area contributed by atoms with Crippen molar-refractivity contribution >= 4 is 109 Å². The maximum Gasteiger partial charge on any atom is 0.164 e. The molecule has 8 heteroatoms. The van der Waals surface area contributed by atoms with E-state index in [2.05, 4.69) is 273 Å². The van der Waals surface area contributed by atoms with Crippen molar-refractivity contribution in [2.75, 3.05) is 0 Å². The molecule has 0 saturated carbocycles. The third kappa shape index (κ3) is 7.32.